The highest BCUT2D eigenvalue weighted by Crippen LogP contribution is 2.28. The van der Waals surface area contributed by atoms with Crippen molar-refractivity contribution in [3.8, 4) is 11.5 Å². The van der Waals surface area contributed by atoms with Crippen LogP contribution in [0.5, 0.6) is 11.5 Å². The minimum Gasteiger partial charge on any atom is -0.493 e. The van der Waals surface area contributed by atoms with Crippen molar-refractivity contribution < 1.29 is 9.47 Å². The van der Waals surface area contributed by atoms with Crippen LogP contribution in [0, 0.1) is 5.92 Å². The summed E-state index contributed by atoms with van der Waals surface area (Å²) in [5.41, 5.74) is 1.13. The number of hydrogen-bond acceptors (Lipinski definition) is 3. The van der Waals surface area contributed by atoms with E-state index in [0.29, 0.717) is 19.2 Å². The van der Waals surface area contributed by atoms with Gasteiger partial charge in [-0.3, -0.25) is 4.99 Å². The predicted octanol–water partition coefficient (Wildman–Crippen LogP) is 3.34. The number of nitrogens with one attached hydrogen (secondary N) is 2. The van der Waals surface area contributed by atoms with Gasteiger partial charge >= 0.3 is 0 Å². The fourth-order valence-corrected chi connectivity index (χ4v) is 3.07. The Hall–Kier alpha value is -1.91. The van der Waals surface area contributed by atoms with Crippen LogP contribution in [-0.4, -0.2) is 32.8 Å². The smallest absolute Gasteiger partial charge is 0.191 e. The Labute approximate surface area is 145 Å². The summed E-state index contributed by atoms with van der Waals surface area (Å²) in [5.74, 6) is 3.26. The number of ether oxygens (including phenoxy) is 2. The maximum absolute atomic E-state index is 5.56. The molecule has 0 bridgehead atoms. The first-order valence-corrected chi connectivity index (χ1v) is 8.93. The first kappa shape index (κ1) is 18.4. The minimum atomic E-state index is 0.530. The quantitative estimate of drug-likeness (QED) is 0.619. The number of benzene rings is 1. The molecule has 0 aliphatic heterocycles. The van der Waals surface area contributed by atoms with E-state index in [4.69, 9.17) is 9.47 Å². The fraction of sp³-hybridized carbons (Fsp3) is 0.632. The number of nitrogens with zero attached hydrogens (tertiary/aromatic N) is 1. The zero-order valence-corrected chi connectivity index (χ0v) is 15.4. The van der Waals surface area contributed by atoms with Gasteiger partial charge in [0.25, 0.3) is 0 Å². The predicted molar refractivity (Wildman–Crippen MR) is 98.9 cm³/mol. The summed E-state index contributed by atoms with van der Waals surface area (Å²) in [6.07, 6.45) is 5.03. The van der Waals surface area contributed by atoms with Gasteiger partial charge in [-0.15, -0.1) is 0 Å². The molecule has 0 aromatic heterocycles. The first-order valence-electron chi connectivity index (χ1n) is 8.93. The van der Waals surface area contributed by atoms with Crippen LogP contribution in [0.25, 0.3) is 0 Å². The second-order valence-corrected chi connectivity index (χ2v) is 6.45. The second kappa shape index (κ2) is 9.40. The molecule has 1 saturated carbocycles. The second-order valence-electron chi connectivity index (χ2n) is 6.45. The van der Waals surface area contributed by atoms with Crippen molar-refractivity contribution in [3.63, 3.8) is 0 Å². The third kappa shape index (κ3) is 5.32. The van der Waals surface area contributed by atoms with Gasteiger partial charge in [-0.1, -0.05) is 13.0 Å². The topological polar surface area (TPSA) is 54.9 Å². The molecule has 5 heteroatoms. The molecule has 1 aromatic rings. The molecule has 0 spiro atoms. The standard InChI is InChI=1S/C19H31N3O2/c1-5-24-17-11-8-15(12-18(17)23-4)13-21-19(20-3)22-16-9-6-14(2)7-10-16/h8,11-12,14,16H,5-7,9-10,13H2,1-4H3,(H2,20,21,22). The lowest BCUT2D eigenvalue weighted by Gasteiger charge is -2.28. The van der Waals surface area contributed by atoms with E-state index < -0.39 is 0 Å². The van der Waals surface area contributed by atoms with E-state index in [9.17, 15) is 0 Å². The summed E-state index contributed by atoms with van der Waals surface area (Å²) in [6, 6.07) is 6.55. The third-order valence-corrected chi connectivity index (χ3v) is 4.57. The summed E-state index contributed by atoms with van der Waals surface area (Å²) in [4.78, 5) is 4.34. The van der Waals surface area contributed by atoms with Crippen LogP contribution in [0.3, 0.4) is 0 Å². The van der Waals surface area contributed by atoms with Crippen LogP contribution < -0.4 is 20.1 Å². The van der Waals surface area contributed by atoms with Gasteiger partial charge in [-0.25, -0.2) is 0 Å². The fourth-order valence-electron chi connectivity index (χ4n) is 3.07. The van der Waals surface area contributed by atoms with E-state index in [1.807, 2.05) is 26.1 Å². The monoisotopic (exact) mass is 333 g/mol. The summed E-state index contributed by atoms with van der Waals surface area (Å²) >= 11 is 0. The van der Waals surface area contributed by atoms with Gasteiger partial charge in [0.15, 0.2) is 17.5 Å². The maximum Gasteiger partial charge on any atom is 0.191 e. The molecule has 0 saturated heterocycles. The number of methoxy groups -OCH3 is 1. The molecule has 24 heavy (non-hydrogen) atoms. The normalized spacial score (nSPS) is 21.2. The number of guanidine groups is 1. The SMILES string of the molecule is CCOc1ccc(CNC(=NC)NC2CCC(C)CC2)cc1OC. The summed E-state index contributed by atoms with van der Waals surface area (Å²) in [7, 11) is 3.49. The number of aliphatic imine (C=N–C) groups is 1. The molecule has 134 valence electrons. The van der Waals surface area contributed by atoms with Gasteiger partial charge in [0, 0.05) is 19.6 Å². The lowest BCUT2D eigenvalue weighted by molar-refractivity contribution is 0.310. The van der Waals surface area contributed by atoms with Crippen LogP contribution in [0.2, 0.25) is 0 Å². The van der Waals surface area contributed by atoms with Crippen molar-refractivity contribution in [2.24, 2.45) is 10.9 Å². The molecule has 5 nitrogen and oxygen atoms in total. The van der Waals surface area contributed by atoms with Crippen LogP contribution in [0.15, 0.2) is 23.2 Å². The highest BCUT2D eigenvalue weighted by Gasteiger charge is 2.18. The molecular weight excluding hydrogens is 302 g/mol. The van der Waals surface area contributed by atoms with E-state index in [-0.39, 0.29) is 0 Å². The van der Waals surface area contributed by atoms with Gasteiger partial charge in [-0.2, -0.15) is 0 Å². The Bertz CT molecular complexity index is 537. The molecule has 1 aliphatic rings. The van der Waals surface area contributed by atoms with Gasteiger partial charge in [0.1, 0.15) is 0 Å². The van der Waals surface area contributed by atoms with Gasteiger partial charge in [0.2, 0.25) is 0 Å². The van der Waals surface area contributed by atoms with E-state index >= 15 is 0 Å². The Morgan fingerprint density at radius 3 is 2.58 bits per heavy atom. The molecule has 2 rings (SSSR count). The maximum atomic E-state index is 5.56. The van der Waals surface area contributed by atoms with Crippen LogP contribution in [-0.2, 0) is 6.54 Å². The molecule has 0 radical (unpaired) electrons. The molecule has 0 heterocycles. The molecule has 2 N–H and O–H groups in total. The third-order valence-electron chi connectivity index (χ3n) is 4.57. The molecule has 0 amide bonds. The summed E-state index contributed by atoms with van der Waals surface area (Å²) < 4.78 is 11.0. The van der Waals surface area contributed by atoms with Crippen LogP contribution in [0.1, 0.15) is 45.1 Å². The van der Waals surface area contributed by atoms with Gasteiger partial charge in [-0.05, 0) is 56.2 Å². The first-order chi connectivity index (χ1) is 11.7. The van der Waals surface area contributed by atoms with Gasteiger partial charge in [0.05, 0.1) is 13.7 Å². The molecule has 1 aliphatic carbocycles. The lowest BCUT2D eigenvalue weighted by Crippen LogP contribution is -2.44. The van der Waals surface area contributed by atoms with Crippen LogP contribution >= 0.6 is 0 Å². The zero-order valence-electron chi connectivity index (χ0n) is 15.4. The molecule has 0 unspecified atom stereocenters. The average molecular weight is 333 g/mol. The van der Waals surface area contributed by atoms with Crippen molar-refractivity contribution in [1.29, 1.82) is 0 Å². The van der Waals surface area contributed by atoms with Crippen molar-refractivity contribution in [2.75, 3.05) is 20.8 Å². The number of rotatable bonds is 6. The largest absolute Gasteiger partial charge is 0.493 e. The summed E-state index contributed by atoms with van der Waals surface area (Å²) in [5, 5.41) is 6.93. The molecule has 1 aromatic carbocycles. The Kier molecular flexibility index (Phi) is 7.22. The molecular formula is C19H31N3O2. The Morgan fingerprint density at radius 1 is 1.21 bits per heavy atom. The van der Waals surface area contributed by atoms with Crippen molar-refractivity contribution in [2.45, 2.75) is 52.1 Å². The van der Waals surface area contributed by atoms with Gasteiger partial charge < -0.3 is 20.1 Å². The zero-order chi connectivity index (χ0) is 17.4. The van der Waals surface area contributed by atoms with E-state index in [1.54, 1.807) is 7.11 Å². The van der Waals surface area contributed by atoms with E-state index in [1.165, 1.54) is 25.7 Å². The summed E-state index contributed by atoms with van der Waals surface area (Å²) in [6.45, 7) is 5.63. The van der Waals surface area contributed by atoms with Crippen LogP contribution in [0.4, 0.5) is 0 Å². The lowest BCUT2D eigenvalue weighted by atomic mass is 9.87. The number of hydrogen-bond donors (Lipinski definition) is 2. The van der Waals surface area contributed by atoms with Crippen molar-refractivity contribution in [1.82, 2.24) is 10.6 Å². The highest BCUT2D eigenvalue weighted by molar-refractivity contribution is 5.80. The Morgan fingerprint density at radius 2 is 1.96 bits per heavy atom. The molecule has 1 fully saturated rings. The van der Waals surface area contributed by atoms with E-state index in [2.05, 4.69) is 28.6 Å². The van der Waals surface area contributed by atoms with Crippen molar-refractivity contribution in [3.05, 3.63) is 23.8 Å². The Balaban J connectivity index is 1.88. The van der Waals surface area contributed by atoms with E-state index in [0.717, 1.165) is 28.9 Å². The average Bonchev–Trinajstić information content (AvgIpc) is 2.61. The highest BCUT2D eigenvalue weighted by atomic mass is 16.5. The minimum absolute atomic E-state index is 0.530. The molecule has 0 atom stereocenters. The van der Waals surface area contributed by atoms with Crippen molar-refractivity contribution >= 4 is 5.96 Å².